The summed E-state index contributed by atoms with van der Waals surface area (Å²) in [6, 6.07) is 8.07. The Morgan fingerprint density at radius 1 is 1.25 bits per heavy atom. The number of aromatic nitrogens is 1. The minimum Gasteiger partial charge on any atom is -0.477 e. The van der Waals surface area contributed by atoms with Crippen LogP contribution in [0.4, 0.5) is 5.69 Å². The maximum atomic E-state index is 11.5. The predicted molar refractivity (Wildman–Crippen MR) is 87.7 cm³/mol. The molecule has 2 aromatic rings. The molecule has 0 aliphatic heterocycles. The minimum atomic E-state index is -4.20. The number of carboxylic acids is 1. The van der Waals surface area contributed by atoms with Gasteiger partial charge in [0, 0.05) is 23.4 Å². The lowest BCUT2D eigenvalue weighted by molar-refractivity contribution is 0.0690. The molecule has 0 radical (unpaired) electrons. The molecule has 5 N–H and O–H groups in total. The lowest BCUT2D eigenvalue weighted by Crippen LogP contribution is -2.24. The van der Waals surface area contributed by atoms with Crippen LogP contribution >= 0.6 is 0 Å². The molecule has 1 saturated carbocycles. The van der Waals surface area contributed by atoms with Crippen LogP contribution in [0.1, 0.15) is 23.3 Å². The molecule has 1 unspecified atom stereocenters. The van der Waals surface area contributed by atoms with Crippen LogP contribution in [0.3, 0.4) is 0 Å². The largest absolute Gasteiger partial charge is 0.477 e. The van der Waals surface area contributed by atoms with Crippen LogP contribution in [0, 0.1) is 5.92 Å². The van der Waals surface area contributed by atoms with E-state index in [0.717, 1.165) is 19.0 Å². The van der Waals surface area contributed by atoms with Crippen LogP contribution in [0.2, 0.25) is 0 Å². The molecular formula is C15H17N3O5S. The minimum absolute atomic E-state index is 0.241. The Balaban J connectivity index is 1.91. The van der Waals surface area contributed by atoms with Gasteiger partial charge in [-0.25, -0.2) is 13.9 Å². The smallest absolute Gasteiger partial charge is 0.354 e. The van der Waals surface area contributed by atoms with E-state index in [-0.39, 0.29) is 11.5 Å². The molecule has 24 heavy (non-hydrogen) atoms. The lowest BCUT2D eigenvalue weighted by Gasteiger charge is -2.13. The Hall–Kier alpha value is -2.36. The average molecular weight is 351 g/mol. The molecule has 0 amide bonds. The molecule has 1 aromatic heterocycles. The van der Waals surface area contributed by atoms with Crippen LogP contribution in [-0.2, 0) is 10.2 Å². The molecule has 1 aromatic carbocycles. The van der Waals surface area contributed by atoms with Gasteiger partial charge in [0.15, 0.2) is 5.69 Å². The Morgan fingerprint density at radius 2 is 1.88 bits per heavy atom. The summed E-state index contributed by atoms with van der Waals surface area (Å²) < 4.78 is 23.5. The fourth-order valence-corrected chi connectivity index (χ4v) is 3.18. The van der Waals surface area contributed by atoms with Crippen molar-refractivity contribution in [1.82, 2.24) is 3.97 Å². The molecule has 128 valence electrons. The quantitative estimate of drug-likeness (QED) is 0.575. The van der Waals surface area contributed by atoms with Gasteiger partial charge < -0.3 is 15.5 Å². The summed E-state index contributed by atoms with van der Waals surface area (Å²) in [6.45, 7) is 0. The first-order valence-electron chi connectivity index (χ1n) is 7.30. The van der Waals surface area contributed by atoms with Crippen molar-refractivity contribution in [2.24, 2.45) is 11.1 Å². The van der Waals surface area contributed by atoms with Crippen LogP contribution in [0.25, 0.3) is 11.1 Å². The number of hydrogen-bond donors (Lipinski definition) is 4. The molecular weight excluding hydrogens is 334 g/mol. The molecule has 1 atom stereocenters. The van der Waals surface area contributed by atoms with Crippen molar-refractivity contribution in [2.75, 3.05) is 5.32 Å². The summed E-state index contributed by atoms with van der Waals surface area (Å²) in [5.74, 6) is -1.12. The Bertz CT molecular complexity index is 869. The molecule has 9 heteroatoms. The molecule has 0 bridgehead atoms. The highest BCUT2D eigenvalue weighted by atomic mass is 32.2. The number of aromatic carboxylic acids is 1. The van der Waals surface area contributed by atoms with Crippen molar-refractivity contribution < 1.29 is 23.4 Å². The van der Waals surface area contributed by atoms with Gasteiger partial charge in [0.25, 0.3) is 0 Å². The first-order chi connectivity index (χ1) is 11.3. The Morgan fingerprint density at radius 3 is 2.38 bits per heavy atom. The van der Waals surface area contributed by atoms with E-state index < -0.39 is 28.1 Å². The van der Waals surface area contributed by atoms with Gasteiger partial charge in [0.05, 0.1) is 0 Å². The van der Waals surface area contributed by atoms with Gasteiger partial charge >= 0.3 is 16.2 Å². The number of anilines is 1. The summed E-state index contributed by atoms with van der Waals surface area (Å²) in [5.41, 5.74) is 1.05. The van der Waals surface area contributed by atoms with E-state index in [1.165, 1.54) is 6.07 Å². The first kappa shape index (κ1) is 16.5. The van der Waals surface area contributed by atoms with E-state index in [0.29, 0.717) is 15.2 Å². The molecule has 1 aliphatic carbocycles. The number of nitrogens with one attached hydrogen (secondary N) is 1. The van der Waals surface area contributed by atoms with Crippen LogP contribution in [0.5, 0.6) is 0 Å². The number of carboxylic acid groups (broad SMARTS) is 1. The summed E-state index contributed by atoms with van der Waals surface area (Å²) in [7, 11) is -4.20. The zero-order chi connectivity index (χ0) is 17.5. The molecule has 3 rings (SSSR count). The summed E-state index contributed by atoms with van der Waals surface area (Å²) >= 11 is 0. The van der Waals surface area contributed by atoms with Gasteiger partial charge in [-0.2, -0.15) is 8.42 Å². The number of aliphatic hydroxyl groups is 1. The second kappa shape index (κ2) is 5.93. The number of hydrogen-bond acceptors (Lipinski definition) is 5. The van der Waals surface area contributed by atoms with Gasteiger partial charge in [0.2, 0.25) is 0 Å². The third kappa shape index (κ3) is 3.28. The van der Waals surface area contributed by atoms with E-state index >= 15 is 0 Å². The molecule has 1 fully saturated rings. The van der Waals surface area contributed by atoms with E-state index in [4.69, 9.17) is 5.14 Å². The zero-order valence-electron chi connectivity index (χ0n) is 12.6. The number of benzene rings is 1. The summed E-state index contributed by atoms with van der Waals surface area (Å²) in [4.78, 5) is 11.4. The van der Waals surface area contributed by atoms with Gasteiger partial charge in [-0.3, -0.25) is 0 Å². The second-order valence-corrected chi connectivity index (χ2v) is 7.15. The zero-order valence-corrected chi connectivity index (χ0v) is 13.4. The van der Waals surface area contributed by atoms with E-state index in [9.17, 15) is 23.4 Å². The number of nitrogens with two attached hydrogens (primary N) is 1. The maximum Gasteiger partial charge on any atom is 0.354 e. The van der Waals surface area contributed by atoms with Crippen molar-refractivity contribution >= 4 is 21.9 Å². The van der Waals surface area contributed by atoms with Gasteiger partial charge in [-0.15, -0.1) is 0 Å². The van der Waals surface area contributed by atoms with Crippen molar-refractivity contribution in [3.8, 4) is 11.1 Å². The third-order valence-corrected chi connectivity index (χ3v) is 4.76. The van der Waals surface area contributed by atoms with Gasteiger partial charge in [-0.1, -0.05) is 12.1 Å². The number of carbonyl (C=O) groups is 1. The summed E-state index contributed by atoms with van der Waals surface area (Å²) in [6.07, 6.45) is 2.50. The highest BCUT2D eigenvalue weighted by Gasteiger charge is 2.29. The number of nitrogens with zero attached hydrogens (tertiary/aromatic N) is 1. The number of aliphatic hydroxyl groups excluding tert-OH is 1. The highest BCUT2D eigenvalue weighted by Crippen LogP contribution is 2.33. The monoisotopic (exact) mass is 351 g/mol. The molecule has 0 saturated heterocycles. The van der Waals surface area contributed by atoms with E-state index in [2.05, 4.69) is 5.32 Å². The third-order valence-electron chi connectivity index (χ3n) is 3.91. The average Bonchev–Trinajstić information content (AvgIpc) is 3.25. The second-order valence-electron chi connectivity index (χ2n) is 5.73. The fraction of sp³-hybridized carbons (Fsp3) is 0.267. The Kier molecular flexibility index (Phi) is 4.08. The number of rotatable bonds is 6. The van der Waals surface area contributed by atoms with Crippen molar-refractivity contribution in [3.63, 3.8) is 0 Å². The highest BCUT2D eigenvalue weighted by molar-refractivity contribution is 7.87. The topological polar surface area (TPSA) is 135 Å². The van der Waals surface area contributed by atoms with E-state index in [1.807, 2.05) is 0 Å². The molecule has 0 spiro atoms. The normalized spacial score (nSPS) is 15.9. The van der Waals surface area contributed by atoms with Crippen molar-refractivity contribution in [1.29, 1.82) is 0 Å². The van der Waals surface area contributed by atoms with Crippen LogP contribution in [0.15, 0.2) is 36.5 Å². The predicted octanol–water partition coefficient (Wildman–Crippen LogP) is 1.05. The van der Waals surface area contributed by atoms with Crippen molar-refractivity contribution in [3.05, 3.63) is 42.2 Å². The molecule has 8 nitrogen and oxygen atoms in total. The summed E-state index contributed by atoms with van der Waals surface area (Å²) in [5, 5.41) is 27.2. The molecule has 1 heterocycles. The Labute approximate surface area is 138 Å². The standard InChI is InChI=1S/C15H17N3O5S/c16-24(22,23)18-8-7-12(13(18)15(20)21)9-3-5-11(6-4-9)17-14(19)10-1-2-10/h3-8,10,14,17,19H,1-2H2,(H,20,21)(H2,16,22,23). The van der Waals surface area contributed by atoms with Crippen LogP contribution < -0.4 is 10.5 Å². The lowest BCUT2D eigenvalue weighted by atomic mass is 10.1. The van der Waals surface area contributed by atoms with Crippen LogP contribution in [-0.4, -0.2) is 34.8 Å². The first-order valence-corrected chi connectivity index (χ1v) is 8.80. The van der Waals surface area contributed by atoms with Gasteiger partial charge in [0.1, 0.15) is 6.23 Å². The van der Waals surface area contributed by atoms with Crippen molar-refractivity contribution in [2.45, 2.75) is 19.1 Å². The SMILES string of the molecule is NS(=O)(=O)n1ccc(-c2ccc(NC(O)C3CC3)cc2)c1C(=O)O. The molecule has 1 aliphatic rings. The maximum absolute atomic E-state index is 11.5. The fourth-order valence-electron chi connectivity index (χ4n) is 2.52. The van der Waals surface area contributed by atoms with Gasteiger partial charge in [-0.05, 0) is 36.6 Å². The van der Waals surface area contributed by atoms with E-state index in [1.54, 1.807) is 24.3 Å².